The predicted molar refractivity (Wildman–Crippen MR) is 79.0 cm³/mol. The van der Waals surface area contributed by atoms with Crippen molar-refractivity contribution in [2.24, 2.45) is 5.92 Å². The maximum atomic E-state index is 12.3. The van der Waals surface area contributed by atoms with E-state index < -0.39 is 0 Å². The summed E-state index contributed by atoms with van der Waals surface area (Å²) in [6.07, 6.45) is 3.35. The van der Waals surface area contributed by atoms with Crippen molar-refractivity contribution in [1.29, 1.82) is 0 Å². The molecule has 21 heavy (non-hydrogen) atoms. The van der Waals surface area contributed by atoms with E-state index in [0.717, 1.165) is 0 Å². The van der Waals surface area contributed by atoms with Crippen LogP contribution in [0.5, 0.6) is 0 Å². The van der Waals surface area contributed by atoms with Crippen molar-refractivity contribution in [3.63, 3.8) is 0 Å². The molecule has 2 amide bonds. The molecule has 6 nitrogen and oxygen atoms in total. The third-order valence-corrected chi connectivity index (χ3v) is 3.51. The standard InChI is InChI=1S/C14H19ClN4O2/c1-10(2)7-13(20)18-3-5-19(6-4-18)14(21)11-8-16-9-12(15)17-11/h8-10H,3-7H2,1-2H3. The van der Waals surface area contributed by atoms with Crippen molar-refractivity contribution in [2.45, 2.75) is 20.3 Å². The monoisotopic (exact) mass is 310 g/mol. The Morgan fingerprint density at radius 2 is 1.81 bits per heavy atom. The fraction of sp³-hybridized carbons (Fsp3) is 0.571. The Hall–Kier alpha value is -1.69. The topological polar surface area (TPSA) is 66.4 Å². The van der Waals surface area contributed by atoms with Gasteiger partial charge in [0, 0.05) is 32.6 Å². The molecule has 2 heterocycles. The van der Waals surface area contributed by atoms with Crippen molar-refractivity contribution in [2.75, 3.05) is 26.2 Å². The Morgan fingerprint density at radius 1 is 1.19 bits per heavy atom. The van der Waals surface area contributed by atoms with Crippen LogP contribution in [0.1, 0.15) is 30.8 Å². The van der Waals surface area contributed by atoms with Gasteiger partial charge in [0.1, 0.15) is 10.8 Å². The first-order chi connectivity index (χ1) is 9.97. The molecular formula is C14H19ClN4O2. The fourth-order valence-electron chi connectivity index (χ4n) is 2.24. The first kappa shape index (κ1) is 15.7. The van der Waals surface area contributed by atoms with Crippen LogP contribution in [-0.2, 0) is 4.79 Å². The van der Waals surface area contributed by atoms with E-state index in [1.54, 1.807) is 4.90 Å². The number of carbonyl (C=O) groups excluding carboxylic acids is 2. The van der Waals surface area contributed by atoms with Crippen molar-refractivity contribution in [3.05, 3.63) is 23.2 Å². The molecular weight excluding hydrogens is 292 g/mol. The average molecular weight is 311 g/mol. The highest BCUT2D eigenvalue weighted by Gasteiger charge is 2.25. The zero-order valence-corrected chi connectivity index (χ0v) is 13.0. The van der Waals surface area contributed by atoms with Crippen LogP contribution in [0.15, 0.2) is 12.4 Å². The lowest BCUT2D eigenvalue weighted by Crippen LogP contribution is -2.50. The minimum absolute atomic E-state index is 0.152. The van der Waals surface area contributed by atoms with Gasteiger partial charge in [-0.2, -0.15) is 0 Å². The van der Waals surface area contributed by atoms with E-state index in [4.69, 9.17) is 11.6 Å². The molecule has 1 aromatic heterocycles. The van der Waals surface area contributed by atoms with Gasteiger partial charge in [-0.3, -0.25) is 14.6 Å². The molecule has 2 rings (SSSR count). The van der Waals surface area contributed by atoms with Crippen LogP contribution in [-0.4, -0.2) is 57.8 Å². The number of hydrogen-bond donors (Lipinski definition) is 0. The van der Waals surface area contributed by atoms with Gasteiger partial charge in [0.25, 0.3) is 5.91 Å². The second kappa shape index (κ2) is 6.85. The molecule has 0 spiro atoms. The van der Waals surface area contributed by atoms with E-state index in [1.807, 2.05) is 18.7 Å². The number of amides is 2. The van der Waals surface area contributed by atoms with Gasteiger partial charge in [0.2, 0.25) is 5.91 Å². The molecule has 0 N–H and O–H groups in total. The summed E-state index contributed by atoms with van der Waals surface area (Å²) in [7, 11) is 0. The predicted octanol–water partition coefficient (Wildman–Crippen LogP) is 1.46. The highest BCUT2D eigenvalue weighted by molar-refractivity contribution is 6.29. The van der Waals surface area contributed by atoms with Gasteiger partial charge in [-0.05, 0) is 5.92 Å². The number of carbonyl (C=O) groups is 2. The largest absolute Gasteiger partial charge is 0.339 e. The quantitative estimate of drug-likeness (QED) is 0.848. The van der Waals surface area contributed by atoms with E-state index in [2.05, 4.69) is 9.97 Å². The molecule has 1 aromatic rings. The van der Waals surface area contributed by atoms with E-state index in [0.29, 0.717) is 38.5 Å². The molecule has 114 valence electrons. The van der Waals surface area contributed by atoms with E-state index in [-0.39, 0.29) is 22.7 Å². The highest BCUT2D eigenvalue weighted by Crippen LogP contribution is 2.11. The summed E-state index contributed by atoms with van der Waals surface area (Å²) in [6, 6.07) is 0. The van der Waals surface area contributed by atoms with Crippen molar-refractivity contribution in [3.8, 4) is 0 Å². The lowest BCUT2D eigenvalue weighted by atomic mass is 10.1. The zero-order valence-electron chi connectivity index (χ0n) is 12.3. The fourth-order valence-corrected chi connectivity index (χ4v) is 2.39. The lowest BCUT2D eigenvalue weighted by molar-refractivity contribution is -0.133. The number of piperazine rings is 1. The third-order valence-electron chi connectivity index (χ3n) is 3.33. The van der Waals surface area contributed by atoms with Crippen LogP contribution in [0.3, 0.4) is 0 Å². The Morgan fingerprint density at radius 3 is 2.38 bits per heavy atom. The number of halogens is 1. The first-order valence-electron chi connectivity index (χ1n) is 7.02. The summed E-state index contributed by atoms with van der Waals surface area (Å²) < 4.78 is 0. The van der Waals surface area contributed by atoms with Gasteiger partial charge in [-0.1, -0.05) is 25.4 Å². The van der Waals surface area contributed by atoms with Gasteiger partial charge in [0.05, 0.1) is 12.4 Å². The Labute approximate surface area is 129 Å². The summed E-state index contributed by atoms with van der Waals surface area (Å²) in [6.45, 7) is 6.19. The normalized spacial score (nSPS) is 15.4. The molecule has 1 aliphatic heterocycles. The minimum Gasteiger partial charge on any atom is -0.339 e. The number of nitrogens with zero attached hydrogens (tertiary/aromatic N) is 4. The molecule has 0 radical (unpaired) electrons. The third kappa shape index (κ3) is 4.14. The van der Waals surface area contributed by atoms with Gasteiger partial charge < -0.3 is 9.80 Å². The van der Waals surface area contributed by atoms with Crippen LogP contribution >= 0.6 is 11.6 Å². The zero-order chi connectivity index (χ0) is 15.4. The first-order valence-corrected chi connectivity index (χ1v) is 7.39. The van der Waals surface area contributed by atoms with E-state index in [9.17, 15) is 9.59 Å². The van der Waals surface area contributed by atoms with Crippen LogP contribution < -0.4 is 0 Å². The van der Waals surface area contributed by atoms with E-state index in [1.165, 1.54) is 12.4 Å². The summed E-state index contributed by atoms with van der Waals surface area (Å²) in [5, 5.41) is 0.201. The lowest BCUT2D eigenvalue weighted by Gasteiger charge is -2.34. The Kier molecular flexibility index (Phi) is 5.12. The average Bonchev–Trinajstić information content (AvgIpc) is 2.46. The minimum atomic E-state index is -0.194. The van der Waals surface area contributed by atoms with Gasteiger partial charge >= 0.3 is 0 Å². The molecule has 0 unspecified atom stereocenters. The second-order valence-electron chi connectivity index (χ2n) is 5.50. The maximum absolute atomic E-state index is 12.3. The van der Waals surface area contributed by atoms with Gasteiger partial charge in [-0.15, -0.1) is 0 Å². The molecule has 7 heteroatoms. The number of aromatic nitrogens is 2. The SMILES string of the molecule is CC(C)CC(=O)N1CCN(C(=O)c2cncc(Cl)n2)CC1. The maximum Gasteiger partial charge on any atom is 0.274 e. The van der Waals surface area contributed by atoms with Crippen LogP contribution in [0.4, 0.5) is 0 Å². The number of hydrogen-bond acceptors (Lipinski definition) is 4. The Bertz CT molecular complexity index is 527. The molecule has 0 aromatic carbocycles. The second-order valence-corrected chi connectivity index (χ2v) is 5.89. The molecule has 1 fully saturated rings. The Balaban J connectivity index is 1.92. The highest BCUT2D eigenvalue weighted by atomic mass is 35.5. The molecule has 0 bridgehead atoms. The van der Waals surface area contributed by atoms with E-state index >= 15 is 0 Å². The van der Waals surface area contributed by atoms with Crippen molar-refractivity contribution >= 4 is 23.4 Å². The van der Waals surface area contributed by atoms with Crippen LogP contribution in [0.25, 0.3) is 0 Å². The van der Waals surface area contributed by atoms with Crippen LogP contribution in [0, 0.1) is 5.92 Å². The van der Waals surface area contributed by atoms with Crippen molar-refractivity contribution in [1.82, 2.24) is 19.8 Å². The summed E-state index contributed by atoms with van der Waals surface area (Å²) in [4.78, 5) is 35.6. The molecule has 0 saturated carbocycles. The smallest absolute Gasteiger partial charge is 0.274 e. The molecule has 0 atom stereocenters. The molecule has 1 saturated heterocycles. The summed E-state index contributed by atoms with van der Waals surface area (Å²) >= 11 is 5.74. The van der Waals surface area contributed by atoms with Gasteiger partial charge in [-0.25, -0.2) is 4.98 Å². The summed E-state index contributed by atoms with van der Waals surface area (Å²) in [5.74, 6) is 0.305. The van der Waals surface area contributed by atoms with Crippen LogP contribution in [0.2, 0.25) is 5.15 Å². The number of rotatable bonds is 3. The molecule has 0 aliphatic carbocycles. The van der Waals surface area contributed by atoms with Crippen molar-refractivity contribution < 1.29 is 9.59 Å². The molecule has 1 aliphatic rings. The summed E-state index contributed by atoms with van der Waals surface area (Å²) in [5.41, 5.74) is 0.240. The van der Waals surface area contributed by atoms with Gasteiger partial charge in [0.15, 0.2) is 0 Å².